The van der Waals surface area contributed by atoms with Crippen molar-refractivity contribution in [1.29, 1.82) is 0 Å². The molecule has 0 radical (unpaired) electrons. The molecule has 0 aliphatic carbocycles. The second-order valence-electron chi connectivity index (χ2n) is 9.32. The first-order chi connectivity index (χ1) is 20.2. The molecule has 3 rings (SSSR count). The summed E-state index contributed by atoms with van der Waals surface area (Å²) in [6, 6.07) is 10.8. The maximum Gasteiger partial charge on any atom is 0.217 e. The lowest BCUT2D eigenvalue weighted by Crippen LogP contribution is -2.64. The normalized spacial score (nSPS) is 21.9. The highest BCUT2D eigenvalue weighted by Crippen LogP contribution is 2.30. The van der Waals surface area contributed by atoms with Crippen LogP contribution in [0.1, 0.15) is 6.92 Å². The van der Waals surface area contributed by atoms with Crippen molar-refractivity contribution in [3.8, 4) is 0 Å². The average Bonchev–Trinajstić information content (AvgIpc) is 2.98. The Morgan fingerprint density at radius 3 is 2.10 bits per heavy atom. The number of aliphatic hydroxyl groups is 3. The predicted molar refractivity (Wildman–Crippen MR) is 166 cm³/mol. The van der Waals surface area contributed by atoms with E-state index in [1.54, 1.807) is 7.05 Å². The van der Waals surface area contributed by atoms with Crippen LogP contribution in [0, 0.1) is 0 Å². The number of rotatable bonds is 14. The minimum Gasteiger partial charge on any atom is -0.394 e. The van der Waals surface area contributed by atoms with E-state index in [9.17, 15) is 20.1 Å². The number of fused-ring (bicyclic) bond motifs is 1. The summed E-state index contributed by atoms with van der Waals surface area (Å²) >= 11 is 10.7. The number of benzene rings is 2. The summed E-state index contributed by atoms with van der Waals surface area (Å²) in [4.78, 5) is 11.5. The zero-order chi connectivity index (χ0) is 30.5. The monoisotopic (exact) mass is 625 g/mol. The molecule has 2 unspecified atom stereocenters. The van der Waals surface area contributed by atoms with Crippen LogP contribution in [0.5, 0.6) is 0 Å². The fourth-order valence-corrected chi connectivity index (χ4v) is 4.59. The molecule has 1 aliphatic rings. The number of amides is 1. The first-order valence-corrected chi connectivity index (χ1v) is 14.3. The standard InChI is InChI=1S/C27H39N5O8S2/c1-16(34)30-22-24(36)23(35)21(15-33)40-25(22)39-14-13-38-12-11-37-10-9-29-27(42)32-20-8-7-19(31-26(41)28-2)17-5-3-4-6-18(17)20/h3-8,21-25,33,35-36H,9-15H2,1-2H3,(H,30,34)(H2,28,31,41)(H2,29,32,42)/t21?,22-,23+,24?,25+/m0/s1. The maximum absolute atomic E-state index is 11.5. The molecule has 13 nitrogen and oxygen atoms in total. The van der Waals surface area contributed by atoms with Gasteiger partial charge in [0.2, 0.25) is 5.91 Å². The van der Waals surface area contributed by atoms with Gasteiger partial charge in [0.25, 0.3) is 0 Å². The van der Waals surface area contributed by atoms with E-state index in [-0.39, 0.29) is 13.2 Å². The van der Waals surface area contributed by atoms with Crippen LogP contribution in [0.3, 0.4) is 0 Å². The number of carbonyl (C=O) groups excluding carboxylic acids is 1. The summed E-state index contributed by atoms with van der Waals surface area (Å²) in [6.07, 6.45) is -4.82. The molecule has 0 spiro atoms. The Labute approximate surface area is 255 Å². The van der Waals surface area contributed by atoms with Gasteiger partial charge in [-0.15, -0.1) is 0 Å². The number of anilines is 2. The largest absolute Gasteiger partial charge is 0.394 e. The zero-order valence-electron chi connectivity index (χ0n) is 23.5. The molecule has 15 heteroatoms. The van der Waals surface area contributed by atoms with Crippen LogP contribution >= 0.6 is 24.4 Å². The fraction of sp³-hybridized carbons (Fsp3) is 0.519. The minimum atomic E-state index is -1.36. The van der Waals surface area contributed by atoms with Gasteiger partial charge in [0.1, 0.15) is 24.4 Å². The van der Waals surface area contributed by atoms with E-state index in [1.165, 1.54) is 6.92 Å². The first kappa shape index (κ1) is 33.8. The second kappa shape index (κ2) is 17.4. The molecule has 1 heterocycles. The predicted octanol–water partition coefficient (Wildman–Crippen LogP) is 0.0359. The molecule has 1 saturated heterocycles. The van der Waals surface area contributed by atoms with Crippen molar-refractivity contribution in [2.45, 2.75) is 37.6 Å². The van der Waals surface area contributed by atoms with Crippen molar-refractivity contribution in [2.75, 3.05) is 63.9 Å². The lowest BCUT2D eigenvalue weighted by Gasteiger charge is -2.42. The third-order valence-electron chi connectivity index (χ3n) is 6.31. The van der Waals surface area contributed by atoms with Crippen molar-refractivity contribution >= 4 is 62.7 Å². The Bertz CT molecular complexity index is 1190. The van der Waals surface area contributed by atoms with Crippen molar-refractivity contribution in [2.24, 2.45) is 0 Å². The summed E-state index contributed by atoms with van der Waals surface area (Å²) in [5, 5.41) is 47.6. The lowest BCUT2D eigenvalue weighted by molar-refractivity contribution is -0.272. The summed E-state index contributed by atoms with van der Waals surface area (Å²) in [6.45, 7) is 2.63. The van der Waals surface area contributed by atoms with E-state index in [0.29, 0.717) is 36.6 Å². The van der Waals surface area contributed by atoms with E-state index in [4.69, 9.17) is 43.4 Å². The number of hydrogen-bond donors (Lipinski definition) is 8. The van der Waals surface area contributed by atoms with Crippen LogP contribution in [-0.2, 0) is 23.7 Å². The molecule has 0 saturated carbocycles. The Hall–Kier alpha value is -2.73. The highest BCUT2D eigenvalue weighted by atomic mass is 32.1. The van der Waals surface area contributed by atoms with Crippen LogP contribution < -0.4 is 26.6 Å². The molecule has 1 amide bonds. The van der Waals surface area contributed by atoms with Crippen LogP contribution in [0.2, 0.25) is 0 Å². The molecule has 2 aromatic rings. The first-order valence-electron chi connectivity index (χ1n) is 13.5. The van der Waals surface area contributed by atoms with Gasteiger partial charge in [0, 0.05) is 42.7 Å². The molecule has 1 fully saturated rings. The molecular weight excluding hydrogens is 586 g/mol. The van der Waals surface area contributed by atoms with E-state index in [2.05, 4.69) is 26.6 Å². The third kappa shape index (κ3) is 9.93. The quantitative estimate of drug-likeness (QED) is 0.104. The highest BCUT2D eigenvalue weighted by Gasteiger charge is 2.45. The average molecular weight is 626 g/mol. The Morgan fingerprint density at radius 2 is 1.50 bits per heavy atom. The van der Waals surface area contributed by atoms with E-state index >= 15 is 0 Å². The molecule has 0 aromatic heterocycles. The van der Waals surface area contributed by atoms with Gasteiger partial charge in [0.15, 0.2) is 16.5 Å². The van der Waals surface area contributed by atoms with Gasteiger partial charge >= 0.3 is 0 Å². The number of thiocarbonyl (C=S) groups is 2. The molecule has 42 heavy (non-hydrogen) atoms. The zero-order valence-corrected chi connectivity index (χ0v) is 25.1. The van der Waals surface area contributed by atoms with Gasteiger partial charge in [-0.2, -0.15) is 0 Å². The molecule has 2 aromatic carbocycles. The number of aliphatic hydroxyl groups excluding tert-OH is 3. The Morgan fingerprint density at radius 1 is 0.905 bits per heavy atom. The van der Waals surface area contributed by atoms with Gasteiger partial charge in [-0.05, 0) is 36.6 Å². The topological polar surface area (TPSA) is 175 Å². The molecule has 1 aliphatic heterocycles. The van der Waals surface area contributed by atoms with Gasteiger partial charge in [-0.3, -0.25) is 4.79 Å². The van der Waals surface area contributed by atoms with Gasteiger partial charge in [0.05, 0.1) is 39.6 Å². The smallest absolute Gasteiger partial charge is 0.217 e. The van der Waals surface area contributed by atoms with Crippen LogP contribution in [0.4, 0.5) is 11.4 Å². The number of carbonyl (C=O) groups is 1. The number of hydrogen-bond acceptors (Lipinski definition) is 10. The molecule has 0 bridgehead atoms. The summed E-state index contributed by atoms with van der Waals surface area (Å²) < 4.78 is 22.2. The SMILES string of the molecule is CNC(=S)Nc1ccc(NC(=S)NCCOCCOCCO[C@@H]2OC(CO)[C@@H](O)C(O)[C@@H]2NC(C)=O)c2ccccc12. The highest BCUT2D eigenvalue weighted by molar-refractivity contribution is 7.80. The van der Waals surface area contributed by atoms with Gasteiger partial charge < -0.3 is 60.9 Å². The number of ether oxygens (including phenoxy) is 4. The van der Waals surface area contributed by atoms with Crippen molar-refractivity contribution in [1.82, 2.24) is 16.0 Å². The third-order valence-corrected chi connectivity index (χ3v) is 6.86. The fourth-order valence-electron chi connectivity index (χ4n) is 4.26. The van der Waals surface area contributed by atoms with E-state index in [0.717, 1.165) is 22.1 Å². The Balaban J connectivity index is 1.31. The van der Waals surface area contributed by atoms with Crippen LogP contribution in [0.15, 0.2) is 36.4 Å². The minimum absolute atomic E-state index is 0.0944. The van der Waals surface area contributed by atoms with Crippen molar-refractivity contribution < 1.29 is 39.1 Å². The van der Waals surface area contributed by atoms with Crippen molar-refractivity contribution in [3.63, 3.8) is 0 Å². The van der Waals surface area contributed by atoms with Gasteiger partial charge in [-0.1, -0.05) is 24.3 Å². The van der Waals surface area contributed by atoms with E-state index < -0.39 is 43.2 Å². The number of nitrogens with one attached hydrogen (secondary N) is 5. The lowest BCUT2D eigenvalue weighted by atomic mass is 9.97. The second-order valence-corrected chi connectivity index (χ2v) is 10.1. The molecule has 8 N–H and O–H groups in total. The summed E-state index contributed by atoms with van der Waals surface area (Å²) in [5.41, 5.74) is 1.75. The molecule has 232 valence electrons. The van der Waals surface area contributed by atoms with Crippen LogP contribution in [-0.4, -0.2) is 115 Å². The Kier molecular flexibility index (Phi) is 14.0. The van der Waals surface area contributed by atoms with Crippen molar-refractivity contribution in [3.05, 3.63) is 36.4 Å². The maximum atomic E-state index is 11.5. The summed E-state index contributed by atoms with van der Waals surface area (Å²) in [7, 11) is 1.76. The van der Waals surface area contributed by atoms with Crippen LogP contribution in [0.25, 0.3) is 10.8 Å². The molecular formula is C27H39N5O8S2. The van der Waals surface area contributed by atoms with E-state index in [1.807, 2.05) is 36.4 Å². The summed E-state index contributed by atoms with van der Waals surface area (Å²) in [5.74, 6) is -0.420. The van der Waals surface area contributed by atoms with Gasteiger partial charge in [-0.25, -0.2) is 0 Å². The molecule has 5 atom stereocenters.